The van der Waals surface area contributed by atoms with Crippen molar-refractivity contribution in [3.05, 3.63) is 99.3 Å². The molecule has 0 spiro atoms. The first kappa shape index (κ1) is 31.0. The SMILES string of the molecule is CCCCCCOc1ccc(C2C(=C(O)c3ccncc3)C(=O)C(=O)N2c2nnc(SCc3ccc(Cl)cc3Cl)s2)cc1. The lowest BCUT2D eigenvalue weighted by molar-refractivity contribution is -0.132. The molecule has 1 amide bonds. The molecule has 0 saturated carbocycles. The van der Waals surface area contributed by atoms with E-state index in [1.807, 2.05) is 6.07 Å². The van der Waals surface area contributed by atoms with Gasteiger partial charge in [0, 0.05) is 33.8 Å². The Hall–Kier alpha value is -3.44. The van der Waals surface area contributed by atoms with Crippen LogP contribution in [-0.4, -0.2) is 38.6 Å². The van der Waals surface area contributed by atoms with Gasteiger partial charge in [-0.25, -0.2) is 0 Å². The Morgan fingerprint density at radius 3 is 2.51 bits per heavy atom. The third kappa shape index (κ3) is 7.21. The van der Waals surface area contributed by atoms with Crippen LogP contribution in [0, 0.1) is 0 Å². The van der Waals surface area contributed by atoms with Gasteiger partial charge in [-0.2, -0.15) is 0 Å². The number of ether oxygens (including phenoxy) is 1. The van der Waals surface area contributed by atoms with E-state index in [4.69, 9.17) is 27.9 Å². The first-order valence-corrected chi connectivity index (χ1v) is 16.3. The summed E-state index contributed by atoms with van der Waals surface area (Å²) < 4.78 is 6.48. The number of anilines is 1. The number of aromatic nitrogens is 3. The second-order valence-corrected chi connectivity index (χ2v) is 12.8. The lowest BCUT2D eigenvalue weighted by atomic mass is 9.95. The Morgan fingerprint density at radius 1 is 1.02 bits per heavy atom. The molecule has 1 N–H and O–H groups in total. The van der Waals surface area contributed by atoms with E-state index >= 15 is 0 Å². The third-order valence-electron chi connectivity index (χ3n) is 6.83. The molecule has 0 radical (unpaired) electrons. The number of pyridine rings is 1. The van der Waals surface area contributed by atoms with E-state index in [0.29, 0.717) is 43.6 Å². The molecule has 43 heavy (non-hydrogen) atoms. The Balaban J connectivity index is 1.45. The monoisotopic (exact) mass is 654 g/mol. The summed E-state index contributed by atoms with van der Waals surface area (Å²) in [7, 11) is 0. The van der Waals surface area contributed by atoms with Gasteiger partial charge in [-0.15, -0.1) is 10.2 Å². The maximum Gasteiger partial charge on any atom is 0.301 e. The molecule has 4 aromatic rings. The number of benzene rings is 2. The summed E-state index contributed by atoms with van der Waals surface area (Å²) in [5, 5.41) is 21.1. The molecule has 5 rings (SSSR count). The maximum atomic E-state index is 13.5. The number of hydrogen-bond acceptors (Lipinski definition) is 9. The summed E-state index contributed by atoms with van der Waals surface area (Å²) in [5.74, 6) is -0.713. The highest BCUT2D eigenvalue weighted by Gasteiger charge is 2.48. The summed E-state index contributed by atoms with van der Waals surface area (Å²) in [4.78, 5) is 32.2. The van der Waals surface area contributed by atoms with E-state index in [1.54, 1.807) is 48.5 Å². The molecule has 2 aromatic carbocycles. The zero-order valence-electron chi connectivity index (χ0n) is 23.2. The normalized spacial score (nSPS) is 16.2. The van der Waals surface area contributed by atoms with Crippen molar-refractivity contribution >= 4 is 68.9 Å². The van der Waals surface area contributed by atoms with Crippen LogP contribution < -0.4 is 9.64 Å². The standard InChI is InChI=1S/C31H28Cl2N4O4S2/c1-2-3-4-5-16-41-23-10-7-19(8-11-23)26-25(27(38)20-12-14-34-15-13-20)28(39)29(40)37(26)30-35-36-31(43-30)42-18-21-6-9-22(32)17-24(21)33/h6-15,17,26,38H,2-5,16,18H2,1H3. The number of Topliss-reactive ketones (excluding diaryl/α,β-unsaturated/α-hetero) is 1. The number of thioether (sulfide) groups is 1. The van der Waals surface area contributed by atoms with Crippen LogP contribution in [0.25, 0.3) is 5.76 Å². The molecular formula is C31H28Cl2N4O4S2. The lowest BCUT2D eigenvalue weighted by Gasteiger charge is -2.22. The van der Waals surface area contributed by atoms with Gasteiger partial charge >= 0.3 is 5.91 Å². The Labute approximate surface area is 267 Å². The van der Waals surface area contributed by atoms with Crippen molar-refractivity contribution in [2.75, 3.05) is 11.5 Å². The fraction of sp³-hybridized carbons (Fsp3) is 0.258. The minimum absolute atomic E-state index is 0.0400. The average Bonchev–Trinajstić information content (AvgIpc) is 3.58. The molecule has 222 valence electrons. The van der Waals surface area contributed by atoms with Gasteiger partial charge < -0.3 is 9.84 Å². The van der Waals surface area contributed by atoms with Crippen molar-refractivity contribution in [3.63, 3.8) is 0 Å². The summed E-state index contributed by atoms with van der Waals surface area (Å²) in [6.07, 6.45) is 7.40. The fourth-order valence-electron chi connectivity index (χ4n) is 4.61. The van der Waals surface area contributed by atoms with Crippen molar-refractivity contribution in [3.8, 4) is 5.75 Å². The number of halogens is 2. The highest BCUT2D eigenvalue weighted by molar-refractivity contribution is 8.00. The largest absolute Gasteiger partial charge is 0.507 e. The first-order chi connectivity index (χ1) is 20.9. The highest BCUT2D eigenvalue weighted by atomic mass is 35.5. The predicted octanol–water partition coefficient (Wildman–Crippen LogP) is 8.12. The molecule has 1 aliphatic rings. The quantitative estimate of drug-likeness (QED) is 0.0408. The van der Waals surface area contributed by atoms with Crippen molar-refractivity contribution in [2.24, 2.45) is 0 Å². The van der Waals surface area contributed by atoms with Gasteiger partial charge in [0.05, 0.1) is 18.2 Å². The van der Waals surface area contributed by atoms with E-state index < -0.39 is 17.7 Å². The number of aliphatic hydroxyl groups excluding tert-OH is 1. The number of unbranched alkanes of at least 4 members (excludes halogenated alkanes) is 3. The van der Waals surface area contributed by atoms with E-state index in [0.717, 1.165) is 24.8 Å². The van der Waals surface area contributed by atoms with Crippen LogP contribution in [0.5, 0.6) is 5.75 Å². The minimum Gasteiger partial charge on any atom is -0.507 e. The molecule has 0 aliphatic carbocycles. The summed E-state index contributed by atoms with van der Waals surface area (Å²) in [5.41, 5.74) is 1.82. The van der Waals surface area contributed by atoms with E-state index in [-0.39, 0.29) is 16.5 Å². The first-order valence-electron chi connectivity index (χ1n) is 13.7. The van der Waals surface area contributed by atoms with Gasteiger partial charge in [0.1, 0.15) is 11.5 Å². The van der Waals surface area contributed by atoms with Crippen LogP contribution in [-0.2, 0) is 15.3 Å². The Bertz CT molecular complexity index is 1630. The fourth-order valence-corrected chi connectivity index (χ4v) is 7.04. The number of hydrogen-bond donors (Lipinski definition) is 1. The Kier molecular flexibility index (Phi) is 10.3. The number of aliphatic hydroxyl groups is 1. The molecule has 1 saturated heterocycles. The van der Waals surface area contributed by atoms with Gasteiger partial charge in [-0.1, -0.05) is 90.7 Å². The second-order valence-electron chi connectivity index (χ2n) is 9.76. The molecule has 8 nitrogen and oxygen atoms in total. The van der Waals surface area contributed by atoms with E-state index in [9.17, 15) is 14.7 Å². The molecule has 2 aromatic heterocycles. The van der Waals surface area contributed by atoms with Crippen LogP contribution >= 0.6 is 46.3 Å². The number of nitrogens with zero attached hydrogens (tertiary/aromatic N) is 4. The molecule has 3 heterocycles. The highest BCUT2D eigenvalue weighted by Crippen LogP contribution is 2.44. The van der Waals surface area contributed by atoms with Gasteiger partial charge in [0.15, 0.2) is 4.34 Å². The smallest absolute Gasteiger partial charge is 0.301 e. The average molecular weight is 656 g/mol. The van der Waals surface area contributed by atoms with Crippen molar-refractivity contribution in [1.82, 2.24) is 15.2 Å². The van der Waals surface area contributed by atoms with E-state index in [2.05, 4.69) is 22.1 Å². The van der Waals surface area contributed by atoms with Crippen LogP contribution in [0.2, 0.25) is 10.0 Å². The molecule has 1 unspecified atom stereocenters. The van der Waals surface area contributed by atoms with Gasteiger partial charge in [-0.3, -0.25) is 19.5 Å². The number of carbonyl (C=O) groups excluding carboxylic acids is 2. The van der Waals surface area contributed by atoms with Gasteiger partial charge in [0.25, 0.3) is 5.78 Å². The summed E-state index contributed by atoms with van der Waals surface area (Å²) in [6.45, 7) is 2.77. The summed E-state index contributed by atoms with van der Waals surface area (Å²) >= 11 is 14.9. The topological polar surface area (TPSA) is 106 Å². The van der Waals surface area contributed by atoms with Gasteiger partial charge in [-0.05, 0) is 53.9 Å². The van der Waals surface area contributed by atoms with Crippen molar-refractivity contribution < 1.29 is 19.4 Å². The Morgan fingerprint density at radius 2 is 1.79 bits per heavy atom. The van der Waals surface area contributed by atoms with Crippen LogP contribution in [0.4, 0.5) is 5.13 Å². The van der Waals surface area contributed by atoms with Crippen molar-refractivity contribution in [1.29, 1.82) is 0 Å². The lowest BCUT2D eigenvalue weighted by Crippen LogP contribution is -2.29. The molecule has 12 heteroatoms. The number of rotatable bonds is 12. The molecule has 1 fully saturated rings. The second kappa shape index (κ2) is 14.4. The van der Waals surface area contributed by atoms with Crippen LogP contribution in [0.1, 0.15) is 55.3 Å². The zero-order valence-corrected chi connectivity index (χ0v) is 26.3. The predicted molar refractivity (Wildman–Crippen MR) is 171 cm³/mol. The molecular weight excluding hydrogens is 627 g/mol. The molecule has 0 bridgehead atoms. The number of carbonyl (C=O) groups is 2. The van der Waals surface area contributed by atoms with Crippen LogP contribution in [0.15, 0.2) is 76.9 Å². The third-order valence-corrected chi connectivity index (χ3v) is 9.52. The number of ketones is 1. The summed E-state index contributed by atoms with van der Waals surface area (Å²) in [6, 6.07) is 14.7. The van der Waals surface area contributed by atoms with Crippen molar-refractivity contribution in [2.45, 2.75) is 48.7 Å². The van der Waals surface area contributed by atoms with E-state index in [1.165, 1.54) is 46.8 Å². The molecule has 1 atom stereocenters. The zero-order chi connectivity index (χ0) is 30.3. The minimum atomic E-state index is -0.928. The maximum absolute atomic E-state index is 13.5. The van der Waals surface area contributed by atoms with Crippen LogP contribution in [0.3, 0.4) is 0 Å². The number of amides is 1. The molecule has 1 aliphatic heterocycles. The van der Waals surface area contributed by atoms with Gasteiger partial charge in [0.2, 0.25) is 5.13 Å².